The summed E-state index contributed by atoms with van der Waals surface area (Å²) in [6, 6.07) is 53.7. The molecule has 0 spiro atoms. The highest BCUT2D eigenvalue weighted by Gasteiger charge is 2.18. The van der Waals surface area contributed by atoms with Crippen LogP contribution in [-0.4, -0.2) is 0 Å². The minimum Gasteiger partial charge on any atom is -0.135 e. The zero-order valence-electron chi connectivity index (χ0n) is 22.3. The van der Waals surface area contributed by atoms with E-state index in [-0.39, 0.29) is 0 Å². The lowest BCUT2D eigenvalue weighted by Gasteiger charge is -2.17. The van der Waals surface area contributed by atoms with E-state index in [9.17, 15) is 0 Å². The maximum atomic E-state index is 2.45. The molecule has 0 fully saturated rings. The summed E-state index contributed by atoms with van der Waals surface area (Å²) in [6.45, 7) is 0. The van der Waals surface area contributed by atoms with Crippen LogP contribution in [0.15, 0.2) is 146 Å². The van der Waals surface area contributed by atoms with Crippen LogP contribution >= 0.6 is 11.3 Å². The van der Waals surface area contributed by atoms with Crippen LogP contribution in [0.4, 0.5) is 0 Å². The van der Waals surface area contributed by atoms with Gasteiger partial charge in [-0.05, 0) is 78.2 Å². The fraction of sp³-hybridized carbons (Fsp3) is 0. The van der Waals surface area contributed by atoms with Crippen LogP contribution in [0.3, 0.4) is 0 Å². The second-order valence-corrected chi connectivity index (χ2v) is 11.9. The Balaban J connectivity index is 1.52. The first-order chi connectivity index (χ1) is 20.3. The highest BCUT2D eigenvalue weighted by atomic mass is 32.1. The Morgan fingerprint density at radius 1 is 0.341 bits per heavy atom. The zero-order chi connectivity index (χ0) is 26.9. The summed E-state index contributed by atoms with van der Waals surface area (Å²) >= 11 is 1.92. The average molecular weight is 537 g/mol. The number of hydrogen-bond acceptors (Lipinski definition) is 1. The molecule has 0 saturated carbocycles. The van der Waals surface area contributed by atoms with Gasteiger partial charge in [0.15, 0.2) is 0 Å². The van der Waals surface area contributed by atoms with Gasteiger partial charge in [-0.1, -0.05) is 127 Å². The molecule has 41 heavy (non-hydrogen) atoms. The molecule has 0 saturated heterocycles. The lowest BCUT2D eigenvalue weighted by molar-refractivity contribution is 1.66. The van der Waals surface area contributed by atoms with Crippen LogP contribution < -0.4 is 0 Å². The summed E-state index contributed by atoms with van der Waals surface area (Å²) in [6.07, 6.45) is 0. The third kappa shape index (κ3) is 3.33. The number of rotatable bonds is 2. The molecule has 0 aliphatic heterocycles. The lowest BCUT2D eigenvalue weighted by atomic mass is 9.86. The summed E-state index contributed by atoms with van der Waals surface area (Å²) < 4.78 is 2.70. The van der Waals surface area contributed by atoms with E-state index in [4.69, 9.17) is 0 Å². The predicted octanol–water partition coefficient (Wildman–Crippen LogP) is 12.0. The smallest absolute Gasteiger partial charge is 0.0440 e. The van der Waals surface area contributed by atoms with Gasteiger partial charge < -0.3 is 0 Å². The van der Waals surface area contributed by atoms with Crippen molar-refractivity contribution in [3.63, 3.8) is 0 Å². The Kier molecular flexibility index (Phi) is 4.87. The molecule has 0 radical (unpaired) electrons. The maximum absolute atomic E-state index is 2.45. The van der Waals surface area contributed by atoms with Crippen molar-refractivity contribution < 1.29 is 0 Å². The van der Waals surface area contributed by atoms with Crippen LogP contribution in [0, 0.1) is 0 Å². The van der Waals surface area contributed by atoms with Crippen LogP contribution in [0.25, 0.3) is 85.5 Å². The number of thiophene rings is 1. The molecule has 9 aromatic rings. The Morgan fingerprint density at radius 2 is 1.00 bits per heavy atom. The molecule has 9 rings (SSSR count). The summed E-state index contributed by atoms with van der Waals surface area (Å²) in [5.41, 5.74) is 5.09. The SMILES string of the molecule is c1ccc(-c2cccc3c2cc(-c2cc4ccccc4c4ccccc24)c2ccc4c5ccccc5sc4c23)cc1. The molecule has 1 heterocycles. The third-order valence-corrected chi connectivity index (χ3v) is 9.85. The molecule has 0 bridgehead atoms. The minimum absolute atomic E-state index is 1.25. The van der Waals surface area contributed by atoms with Crippen LogP contribution in [0.2, 0.25) is 0 Å². The third-order valence-electron chi connectivity index (χ3n) is 8.64. The standard InChI is InChI=1S/C40H24S/c1-2-11-25(12-3-1)27-18-10-19-32-36(27)24-37(33-21-22-34-31-17-8-9-20-38(31)41-40(34)39(32)33)35-23-26-13-4-5-14-28(26)29-15-6-7-16-30(29)35/h1-24H. The number of hydrogen-bond donors (Lipinski definition) is 0. The molecule has 1 aromatic heterocycles. The molecule has 0 N–H and O–H groups in total. The maximum Gasteiger partial charge on any atom is 0.0440 e. The summed E-state index contributed by atoms with van der Waals surface area (Å²) in [7, 11) is 0. The molecule has 0 aliphatic carbocycles. The topological polar surface area (TPSA) is 0 Å². The Bertz CT molecular complexity index is 2460. The van der Waals surface area contributed by atoms with E-state index in [2.05, 4.69) is 146 Å². The molecule has 190 valence electrons. The molecule has 0 amide bonds. The van der Waals surface area contributed by atoms with Gasteiger partial charge in [0.2, 0.25) is 0 Å². The van der Waals surface area contributed by atoms with Gasteiger partial charge >= 0.3 is 0 Å². The quantitative estimate of drug-likeness (QED) is 0.193. The molecule has 0 aliphatic rings. The van der Waals surface area contributed by atoms with Crippen molar-refractivity contribution in [1.82, 2.24) is 0 Å². The van der Waals surface area contributed by atoms with E-state index < -0.39 is 0 Å². The predicted molar refractivity (Wildman–Crippen MR) is 180 cm³/mol. The average Bonchev–Trinajstić information content (AvgIpc) is 3.43. The van der Waals surface area contributed by atoms with E-state index in [0.717, 1.165) is 0 Å². The van der Waals surface area contributed by atoms with Crippen LogP contribution in [0.1, 0.15) is 0 Å². The zero-order valence-corrected chi connectivity index (χ0v) is 23.1. The normalized spacial score (nSPS) is 11.9. The lowest BCUT2D eigenvalue weighted by Crippen LogP contribution is -1.90. The summed E-state index contributed by atoms with van der Waals surface area (Å²) in [5, 5.41) is 13.1. The van der Waals surface area contributed by atoms with Gasteiger partial charge in [-0.15, -0.1) is 11.3 Å². The van der Waals surface area contributed by atoms with Crippen LogP contribution in [0.5, 0.6) is 0 Å². The Labute approximate surface area is 241 Å². The van der Waals surface area contributed by atoms with E-state index in [1.165, 1.54) is 85.5 Å². The fourth-order valence-electron chi connectivity index (χ4n) is 6.81. The van der Waals surface area contributed by atoms with Crippen molar-refractivity contribution in [3.05, 3.63) is 146 Å². The highest BCUT2D eigenvalue weighted by Crippen LogP contribution is 2.47. The molecule has 0 nitrogen and oxygen atoms in total. The Hall–Kier alpha value is -4.98. The minimum atomic E-state index is 1.25. The van der Waals surface area contributed by atoms with E-state index in [0.29, 0.717) is 0 Å². The highest BCUT2D eigenvalue weighted by molar-refractivity contribution is 7.26. The molecule has 0 atom stereocenters. The fourth-order valence-corrected chi connectivity index (χ4v) is 8.08. The summed E-state index contributed by atoms with van der Waals surface area (Å²) in [4.78, 5) is 0. The first-order valence-corrected chi connectivity index (χ1v) is 14.9. The van der Waals surface area contributed by atoms with E-state index in [1.54, 1.807) is 0 Å². The van der Waals surface area contributed by atoms with Gasteiger partial charge in [-0.2, -0.15) is 0 Å². The molecule has 8 aromatic carbocycles. The molecule has 0 unspecified atom stereocenters. The van der Waals surface area contributed by atoms with Crippen molar-refractivity contribution >= 4 is 74.6 Å². The van der Waals surface area contributed by atoms with Crippen molar-refractivity contribution in [2.75, 3.05) is 0 Å². The van der Waals surface area contributed by atoms with E-state index in [1.807, 2.05) is 11.3 Å². The molecular formula is C40H24S. The largest absolute Gasteiger partial charge is 0.135 e. The number of benzene rings is 8. The van der Waals surface area contributed by atoms with Gasteiger partial charge in [0.25, 0.3) is 0 Å². The Morgan fingerprint density at radius 3 is 1.88 bits per heavy atom. The van der Waals surface area contributed by atoms with Gasteiger partial charge in [0.05, 0.1) is 0 Å². The van der Waals surface area contributed by atoms with E-state index >= 15 is 0 Å². The summed E-state index contributed by atoms with van der Waals surface area (Å²) in [5.74, 6) is 0. The van der Waals surface area contributed by atoms with Crippen LogP contribution in [-0.2, 0) is 0 Å². The first kappa shape index (κ1) is 22.8. The van der Waals surface area contributed by atoms with Crippen molar-refractivity contribution in [3.8, 4) is 22.3 Å². The van der Waals surface area contributed by atoms with Crippen molar-refractivity contribution in [1.29, 1.82) is 0 Å². The van der Waals surface area contributed by atoms with Crippen molar-refractivity contribution in [2.45, 2.75) is 0 Å². The second kappa shape index (κ2) is 8.76. The molecular weight excluding hydrogens is 513 g/mol. The van der Waals surface area contributed by atoms with Gasteiger partial charge in [-0.3, -0.25) is 0 Å². The van der Waals surface area contributed by atoms with Gasteiger partial charge in [0, 0.05) is 25.6 Å². The van der Waals surface area contributed by atoms with Crippen molar-refractivity contribution in [2.24, 2.45) is 0 Å². The van der Waals surface area contributed by atoms with Gasteiger partial charge in [-0.25, -0.2) is 0 Å². The monoisotopic (exact) mass is 536 g/mol. The molecule has 1 heteroatoms. The number of fused-ring (bicyclic) bond motifs is 10. The second-order valence-electron chi connectivity index (χ2n) is 10.8. The van der Waals surface area contributed by atoms with Gasteiger partial charge in [0.1, 0.15) is 0 Å². The first-order valence-electron chi connectivity index (χ1n) is 14.1.